The number of hydrogen-bond acceptors (Lipinski definition) is 6. The number of rotatable bonds is 4. The lowest BCUT2D eigenvalue weighted by Gasteiger charge is -2.39. The zero-order valence-corrected chi connectivity index (χ0v) is 17.5. The fourth-order valence-corrected chi connectivity index (χ4v) is 4.36. The van der Waals surface area contributed by atoms with E-state index in [1.807, 2.05) is 48.5 Å². The summed E-state index contributed by atoms with van der Waals surface area (Å²) in [4.78, 5) is 20.0. The SMILES string of the molecule is COc1ccc(C(=O)Nc2cccc3cccnc23)c(N2CCC3(CC2)OCCO3)c1. The highest BCUT2D eigenvalue weighted by Crippen LogP contribution is 2.36. The van der Waals surface area contributed by atoms with Crippen LogP contribution in [0.2, 0.25) is 0 Å². The molecular weight excluding hydrogens is 394 g/mol. The number of piperidine rings is 1. The molecular formula is C24H25N3O4. The molecule has 0 radical (unpaired) electrons. The van der Waals surface area contributed by atoms with Crippen LogP contribution in [0.1, 0.15) is 23.2 Å². The van der Waals surface area contributed by atoms with Crippen molar-refractivity contribution in [1.29, 1.82) is 0 Å². The number of para-hydroxylation sites is 1. The Kier molecular flexibility index (Phi) is 5.21. The molecule has 0 aliphatic carbocycles. The molecule has 1 N–H and O–H groups in total. The lowest BCUT2D eigenvalue weighted by molar-refractivity contribution is -0.169. The molecule has 1 aromatic heterocycles. The molecule has 0 bridgehead atoms. The van der Waals surface area contributed by atoms with Gasteiger partial charge in [0.1, 0.15) is 5.75 Å². The molecule has 0 saturated carbocycles. The lowest BCUT2D eigenvalue weighted by Crippen LogP contribution is -2.45. The van der Waals surface area contributed by atoms with Crippen molar-refractivity contribution in [1.82, 2.24) is 4.98 Å². The van der Waals surface area contributed by atoms with Gasteiger partial charge in [-0.2, -0.15) is 0 Å². The Morgan fingerprint density at radius 3 is 2.65 bits per heavy atom. The number of benzene rings is 2. The van der Waals surface area contributed by atoms with Crippen LogP contribution in [-0.4, -0.2) is 50.1 Å². The second kappa shape index (κ2) is 8.17. The van der Waals surface area contributed by atoms with Gasteiger partial charge < -0.3 is 24.4 Å². The third-order valence-corrected chi connectivity index (χ3v) is 6.01. The Morgan fingerprint density at radius 2 is 1.87 bits per heavy atom. The molecule has 2 aromatic carbocycles. The average Bonchev–Trinajstić information content (AvgIpc) is 3.27. The maximum atomic E-state index is 13.3. The monoisotopic (exact) mass is 419 g/mol. The van der Waals surface area contributed by atoms with E-state index in [1.165, 1.54) is 0 Å². The highest BCUT2D eigenvalue weighted by molar-refractivity contribution is 6.11. The largest absolute Gasteiger partial charge is 0.497 e. The minimum Gasteiger partial charge on any atom is -0.497 e. The maximum absolute atomic E-state index is 13.3. The number of ether oxygens (including phenoxy) is 3. The van der Waals surface area contributed by atoms with E-state index >= 15 is 0 Å². The summed E-state index contributed by atoms with van der Waals surface area (Å²) in [7, 11) is 1.63. The number of nitrogens with zero attached hydrogens (tertiary/aromatic N) is 2. The number of methoxy groups -OCH3 is 1. The summed E-state index contributed by atoms with van der Waals surface area (Å²) in [6.07, 6.45) is 3.25. The third kappa shape index (κ3) is 3.82. The van der Waals surface area contributed by atoms with Crippen molar-refractivity contribution in [3.8, 4) is 5.75 Å². The summed E-state index contributed by atoms with van der Waals surface area (Å²) in [5.74, 6) is 0.0726. The number of hydrogen-bond donors (Lipinski definition) is 1. The quantitative estimate of drug-likeness (QED) is 0.693. The summed E-state index contributed by atoms with van der Waals surface area (Å²) in [6.45, 7) is 2.77. The van der Waals surface area contributed by atoms with Gasteiger partial charge in [0.05, 0.1) is 42.8 Å². The molecule has 160 valence electrons. The Balaban J connectivity index is 1.43. The fourth-order valence-electron chi connectivity index (χ4n) is 4.36. The number of pyridine rings is 1. The average molecular weight is 419 g/mol. The van der Waals surface area contributed by atoms with Gasteiger partial charge in [-0.3, -0.25) is 9.78 Å². The Morgan fingerprint density at radius 1 is 1.10 bits per heavy atom. The molecule has 1 spiro atoms. The van der Waals surface area contributed by atoms with E-state index in [4.69, 9.17) is 14.2 Å². The predicted octanol–water partition coefficient (Wildman–Crippen LogP) is 3.84. The van der Waals surface area contributed by atoms with Crippen LogP contribution in [0.25, 0.3) is 10.9 Å². The van der Waals surface area contributed by atoms with E-state index in [2.05, 4.69) is 15.2 Å². The van der Waals surface area contributed by atoms with Gasteiger partial charge >= 0.3 is 0 Å². The molecule has 31 heavy (non-hydrogen) atoms. The van der Waals surface area contributed by atoms with Crippen LogP contribution in [0.4, 0.5) is 11.4 Å². The highest BCUT2D eigenvalue weighted by atomic mass is 16.7. The highest BCUT2D eigenvalue weighted by Gasteiger charge is 2.40. The molecule has 2 fully saturated rings. The Bertz CT molecular complexity index is 1100. The summed E-state index contributed by atoms with van der Waals surface area (Å²) in [5, 5.41) is 4.03. The standard InChI is InChI=1S/C24H25N3O4/c1-29-18-7-8-19(21(16-18)27-12-9-24(10-13-27)30-14-15-31-24)23(28)26-20-6-2-4-17-5-3-11-25-22(17)20/h2-8,11,16H,9-10,12-15H2,1H3,(H,26,28). The molecule has 7 heteroatoms. The van der Waals surface area contributed by atoms with E-state index in [0.29, 0.717) is 30.2 Å². The summed E-state index contributed by atoms with van der Waals surface area (Å²) in [5.41, 5.74) is 2.90. The van der Waals surface area contributed by atoms with Gasteiger partial charge in [0.2, 0.25) is 0 Å². The van der Waals surface area contributed by atoms with Crippen molar-refractivity contribution < 1.29 is 19.0 Å². The van der Waals surface area contributed by atoms with Gasteiger partial charge in [-0.1, -0.05) is 18.2 Å². The first-order valence-electron chi connectivity index (χ1n) is 10.5. The van der Waals surface area contributed by atoms with Gasteiger partial charge in [0, 0.05) is 43.6 Å². The molecule has 7 nitrogen and oxygen atoms in total. The van der Waals surface area contributed by atoms with Crippen LogP contribution in [0, 0.1) is 0 Å². The molecule has 2 aliphatic rings. The second-order valence-corrected chi connectivity index (χ2v) is 7.81. The van der Waals surface area contributed by atoms with E-state index in [-0.39, 0.29) is 5.91 Å². The van der Waals surface area contributed by atoms with Crippen LogP contribution in [0.15, 0.2) is 54.7 Å². The van der Waals surface area contributed by atoms with Crippen LogP contribution in [0.5, 0.6) is 5.75 Å². The topological polar surface area (TPSA) is 72.9 Å². The summed E-state index contributed by atoms with van der Waals surface area (Å²) in [6, 6.07) is 15.2. The van der Waals surface area contributed by atoms with Gasteiger partial charge in [-0.15, -0.1) is 0 Å². The number of anilines is 2. The summed E-state index contributed by atoms with van der Waals surface area (Å²) < 4.78 is 17.1. The number of nitrogens with one attached hydrogen (secondary N) is 1. The minimum atomic E-state index is -0.466. The molecule has 5 rings (SSSR count). The maximum Gasteiger partial charge on any atom is 0.257 e. The number of amides is 1. The molecule has 0 unspecified atom stereocenters. The molecule has 1 amide bonds. The normalized spacial score (nSPS) is 17.8. The molecule has 0 atom stereocenters. The van der Waals surface area contributed by atoms with E-state index in [1.54, 1.807) is 13.3 Å². The van der Waals surface area contributed by atoms with Crippen molar-refractivity contribution in [2.24, 2.45) is 0 Å². The van der Waals surface area contributed by atoms with E-state index in [0.717, 1.165) is 42.5 Å². The van der Waals surface area contributed by atoms with Gasteiger partial charge in [-0.25, -0.2) is 0 Å². The molecule has 3 aromatic rings. The number of fused-ring (bicyclic) bond motifs is 1. The van der Waals surface area contributed by atoms with E-state index in [9.17, 15) is 4.79 Å². The van der Waals surface area contributed by atoms with Gasteiger partial charge in [-0.05, 0) is 24.3 Å². The fraction of sp³-hybridized carbons (Fsp3) is 0.333. The first-order valence-corrected chi connectivity index (χ1v) is 10.5. The van der Waals surface area contributed by atoms with E-state index < -0.39 is 5.79 Å². The van der Waals surface area contributed by atoms with Gasteiger partial charge in [0.25, 0.3) is 5.91 Å². The number of carbonyl (C=O) groups excluding carboxylic acids is 1. The van der Waals surface area contributed by atoms with Crippen molar-refractivity contribution in [3.05, 3.63) is 60.3 Å². The first-order chi connectivity index (χ1) is 15.2. The summed E-state index contributed by atoms with van der Waals surface area (Å²) >= 11 is 0. The smallest absolute Gasteiger partial charge is 0.257 e. The van der Waals surface area contributed by atoms with Crippen molar-refractivity contribution in [3.63, 3.8) is 0 Å². The second-order valence-electron chi connectivity index (χ2n) is 7.81. The lowest BCUT2D eigenvalue weighted by atomic mass is 10.0. The van der Waals surface area contributed by atoms with Gasteiger partial charge in [0.15, 0.2) is 5.79 Å². The third-order valence-electron chi connectivity index (χ3n) is 6.01. The zero-order chi connectivity index (χ0) is 21.3. The predicted molar refractivity (Wildman–Crippen MR) is 119 cm³/mol. The number of carbonyl (C=O) groups is 1. The Labute approximate surface area is 180 Å². The zero-order valence-electron chi connectivity index (χ0n) is 17.5. The Hall–Kier alpha value is -3.16. The minimum absolute atomic E-state index is 0.176. The first kappa shape index (κ1) is 19.8. The van der Waals surface area contributed by atoms with Crippen LogP contribution < -0.4 is 15.0 Å². The van der Waals surface area contributed by atoms with Crippen molar-refractivity contribution in [2.45, 2.75) is 18.6 Å². The van der Waals surface area contributed by atoms with Crippen LogP contribution in [0.3, 0.4) is 0 Å². The number of aromatic nitrogens is 1. The molecule has 2 aliphatic heterocycles. The molecule has 2 saturated heterocycles. The van der Waals surface area contributed by atoms with Crippen molar-refractivity contribution in [2.75, 3.05) is 43.6 Å². The van der Waals surface area contributed by atoms with Crippen LogP contribution in [-0.2, 0) is 9.47 Å². The van der Waals surface area contributed by atoms with Crippen molar-refractivity contribution >= 4 is 28.2 Å². The molecule has 3 heterocycles. The van der Waals surface area contributed by atoms with Crippen LogP contribution >= 0.6 is 0 Å².